The molecule has 100 valence electrons. The fraction of sp³-hybridized carbons (Fsp3) is 0.214. The maximum atomic E-state index is 13.5. The zero-order valence-corrected chi connectivity index (χ0v) is 12.0. The van der Waals surface area contributed by atoms with Crippen molar-refractivity contribution >= 4 is 21.8 Å². The average Bonchev–Trinajstić information content (AvgIpc) is 2.88. The number of amides is 1. The molecule has 0 saturated carbocycles. The summed E-state index contributed by atoms with van der Waals surface area (Å²) >= 11 is 3.26. The molecule has 0 aliphatic heterocycles. The highest BCUT2D eigenvalue weighted by Gasteiger charge is 2.11. The molecule has 19 heavy (non-hydrogen) atoms. The summed E-state index contributed by atoms with van der Waals surface area (Å²) in [5, 5.41) is 2.63. The van der Waals surface area contributed by atoms with E-state index in [1.54, 1.807) is 24.3 Å². The minimum Gasteiger partial charge on any atom is -0.456 e. The Bertz CT molecular complexity index is 595. The normalized spacial score (nSPS) is 10.5. The number of hydrogen-bond acceptors (Lipinski definition) is 2. The Hall–Kier alpha value is -1.62. The van der Waals surface area contributed by atoms with Gasteiger partial charge in [0, 0.05) is 23.0 Å². The van der Waals surface area contributed by atoms with Gasteiger partial charge >= 0.3 is 0 Å². The van der Waals surface area contributed by atoms with Gasteiger partial charge in [0.1, 0.15) is 11.6 Å². The van der Waals surface area contributed by atoms with Gasteiger partial charge in [0.15, 0.2) is 5.76 Å². The molecule has 5 heteroatoms. The van der Waals surface area contributed by atoms with Gasteiger partial charge in [-0.15, -0.1) is 0 Å². The van der Waals surface area contributed by atoms with E-state index in [0.29, 0.717) is 5.56 Å². The van der Waals surface area contributed by atoms with Crippen molar-refractivity contribution in [1.29, 1.82) is 0 Å². The Morgan fingerprint density at radius 2 is 2.16 bits per heavy atom. The number of carbonyl (C=O) groups is 1. The summed E-state index contributed by atoms with van der Waals surface area (Å²) in [5.41, 5.74) is 0.421. The lowest BCUT2D eigenvalue weighted by Crippen LogP contribution is -2.22. The van der Waals surface area contributed by atoms with Crippen molar-refractivity contribution in [2.75, 3.05) is 0 Å². The summed E-state index contributed by atoms with van der Waals surface area (Å²) in [5.74, 6) is 0.294. The first-order valence-corrected chi connectivity index (χ1v) is 6.70. The first-order valence-electron chi connectivity index (χ1n) is 5.91. The molecule has 0 spiro atoms. The number of furan rings is 1. The molecule has 0 radical (unpaired) electrons. The topological polar surface area (TPSA) is 42.2 Å². The summed E-state index contributed by atoms with van der Waals surface area (Å²) in [6.07, 6.45) is 0.730. The van der Waals surface area contributed by atoms with E-state index in [2.05, 4.69) is 21.2 Å². The molecule has 1 aromatic heterocycles. The fourth-order valence-corrected chi connectivity index (χ4v) is 2.04. The minimum atomic E-state index is -0.350. The number of hydrogen-bond donors (Lipinski definition) is 1. The largest absolute Gasteiger partial charge is 0.456 e. The fourth-order valence-electron chi connectivity index (χ4n) is 1.63. The second-order valence-corrected chi connectivity index (χ2v) is 4.95. The van der Waals surface area contributed by atoms with Crippen LogP contribution in [0, 0.1) is 5.82 Å². The highest BCUT2D eigenvalue weighted by atomic mass is 79.9. The van der Waals surface area contributed by atoms with E-state index < -0.39 is 0 Å². The maximum Gasteiger partial charge on any atom is 0.287 e. The molecule has 0 bridgehead atoms. The second-order valence-electron chi connectivity index (χ2n) is 4.04. The third-order valence-corrected chi connectivity index (χ3v) is 3.17. The molecule has 0 unspecified atom stereocenters. The molecule has 1 N–H and O–H groups in total. The van der Waals surface area contributed by atoms with Crippen molar-refractivity contribution in [2.24, 2.45) is 0 Å². The van der Waals surface area contributed by atoms with Gasteiger partial charge in [-0.1, -0.05) is 22.9 Å². The zero-order valence-electron chi connectivity index (χ0n) is 10.4. The summed E-state index contributed by atoms with van der Waals surface area (Å²) < 4.78 is 19.6. The van der Waals surface area contributed by atoms with E-state index in [9.17, 15) is 9.18 Å². The summed E-state index contributed by atoms with van der Waals surface area (Å²) in [6, 6.07) is 7.98. The van der Waals surface area contributed by atoms with Gasteiger partial charge in [0.05, 0.1) is 0 Å². The third kappa shape index (κ3) is 3.44. The van der Waals surface area contributed by atoms with E-state index in [1.165, 1.54) is 6.07 Å². The number of benzene rings is 1. The van der Waals surface area contributed by atoms with Crippen LogP contribution in [0.1, 0.15) is 28.8 Å². The molecule has 1 amide bonds. The highest BCUT2D eigenvalue weighted by molar-refractivity contribution is 9.10. The van der Waals surface area contributed by atoms with E-state index in [0.717, 1.165) is 16.7 Å². The summed E-state index contributed by atoms with van der Waals surface area (Å²) in [6.45, 7) is 2.06. The van der Waals surface area contributed by atoms with Crippen LogP contribution in [0.4, 0.5) is 4.39 Å². The van der Waals surface area contributed by atoms with E-state index >= 15 is 0 Å². The van der Waals surface area contributed by atoms with Crippen LogP contribution in [0.5, 0.6) is 0 Å². The number of nitrogens with one attached hydrogen (secondary N) is 1. The van der Waals surface area contributed by atoms with Gasteiger partial charge in [0.2, 0.25) is 0 Å². The van der Waals surface area contributed by atoms with Crippen molar-refractivity contribution in [3.63, 3.8) is 0 Å². The second kappa shape index (κ2) is 6.02. The predicted molar refractivity (Wildman–Crippen MR) is 73.4 cm³/mol. The highest BCUT2D eigenvalue weighted by Crippen LogP contribution is 2.15. The van der Waals surface area contributed by atoms with Gasteiger partial charge in [-0.3, -0.25) is 4.79 Å². The van der Waals surface area contributed by atoms with Crippen molar-refractivity contribution < 1.29 is 13.6 Å². The van der Waals surface area contributed by atoms with Crippen molar-refractivity contribution in [2.45, 2.75) is 19.9 Å². The molecule has 0 atom stereocenters. The summed E-state index contributed by atoms with van der Waals surface area (Å²) in [7, 11) is 0. The number of carbonyl (C=O) groups excluding carboxylic acids is 1. The Labute approximate surface area is 118 Å². The van der Waals surface area contributed by atoms with E-state index in [1.807, 2.05) is 6.92 Å². The molecule has 0 fully saturated rings. The van der Waals surface area contributed by atoms with E-state index in [-0.39, 0.29) is 24.0 Å². The van der Waals surface area contributed by atoms with Crippen molar-refractivity contribution in [3.05, 3.63) is 57.7 Å². The van der Waals surface area contributed by atoms with Crippen LogP contribution in [-0.2, 0) is 13.0 Å². The van der Waals surface area contributed by atoms with Crippen LogP contribution in [-0.4, -0.2) is 5.91 Å². The van der Waals surface area contributed by atoms with Gasteiger partial charge in [-0.05, 0) is 30.3 Å². The minimum absolute atomic E-state index is 0.117. The van der Waals surface area contributed by atoms with Crippen LogP contribution >= 0.6 is 15.9 Å². The number of halogens is 2. The van der Waals surface area contributed by atoms with Crippen LogP contribution in [0.3, 0.4) is 0 Å². The monoisotopic (exact) mass is 325 g/mol. The molecule has 2 rings (SSSR count). The predicted octanol–water partition coefficient (Wildman–Crippen LogP) is 3.67. The first kappa shape index (κ1) is 13.8. The molecular weight excluding hydrogens is 313 g/mol. The maximum absolute atomic E-state index is 13.5. The number of rotatable bonds is 4. The first-order chi connectivity index (χ1) is 9.10. The Morgan fingerprint density at radius 3 is 2.84 bits per heavy atom. The van der Waals surface area contributed by atoms with Gasteiger partial charge < -0.3 is 9.73 Å². The lowest BCUT2D eigenvalue weighted by molar-refractivity contribution is 0.0921. The molecular formula is C14H13BrFNO2. The SMILES string of the molecule is CCc1ccc(C(=O)NCc2cc(Br)ccc2F)o1. The third-order valence-electron chi connectivity index (χ3n) is 2.68. The van der Waals surface area contributed by atoms with Gasteiger partial charge in [-0.25, -0.2) is 4.39 Å². The van der Waals surface area contributed by atoms with Crippen molar-refractivity contribution in [3.8, 4) is 0 Å². The quantitative estimate of drug-likeness (QED) is 0.931. The Morgan fingerprint density at radius 1 is 1.37 bits per heavy atom. The lowest BCUT2D eigenvalue weighted by atomic mass is 10.2. The van der Waals surface area contributed by atoms with Crippen LogP contribution in [0.15, 0.2) is 39.2 Å². The smallest absolute Gasteiger partial charge is 0.287 e. The van der Waals surface area contributed by atoms with Gasteiger partial charge in [0.25, 0.3) is 5.91 Å². The zero-order chi connectivity index (χ0) is 13.8. The molecule has 2 aromatic rings. The Kier molecular flexibility index (Phi) is 4.37. The van der Waals surface area contributed by atoms with Gasteiger partial charge in [-0.2, -0.15) is 0 Å². The molecule has 0 saturated heterocycles. The van der Waals surface area contributed by atoms with Crippen LogP contribution in [0.25, 0.3) is 0 Å². The Balaban J connectivity index is 2.02. The summed E-state index contributed by atoms with van der Waals surface area (Å²) in [4.78, 5) is 11.8. The standard InChI is InChI=1S/C14H13BrFNO2/c1-2-11-4-6-13(19-11)14(18)17-8-9-7-10(15)3-5-12(9)16/h3-7H,2,8H2,1H3,(H,17,18). The van der Waals surface area contributed by atoms with Crippen LogP contribution in [0.2, 0.25) is 0 Å². The molecule has 1 heterocycles. The lowest BCUT2D eigenvalue weighted by Gasteiger charge is -2.05. The molecule has 0 aliphatic rings. The average molecular weight is 326 g/mol. The van der Waals surface area contributed by atoms with Crippen molar-refractivity contribution in [1.82, 2.24) is 5.32 Å². The number of aryl methyl sites for hydroxylation is 1. The molecule has 0 aliphatic carbocycles. The molecule has 3 nitrogen and oxygen atoms in total. The molecule has 1 aromatic carbocycles. The van der Waals surface area contributed by atoms with E-state index in [4.69, 9.17) is 4.42 Å². The van der Waals surface area contributed by atoms with Crippen LogP contribution < -0.4 is 5.32 Å².